The molecule has 1 aliphatic rings. The molecule has 0 saturated carbocycles. The monoisotopic (exact) mass is 612 g/mol. The molecule has 4 aromatic rings. The Morgan fingerprint density at radius 1 is 1.16 bits per heavy atom. The van der Waals surface area contributed by atoms with Gasteiger partial charge in [-0.3, -0.25) is 23.5 Å². The average Bonchev–Trinajstić information content (AvgIpc) is 3.53. The number of piperazine rings is 1. The van der Waals surface area contributed by atoms with E-state index in [4.69, 9.17) is 5.11 Å². The zero-order valence-electron chi connectivity index (χ0n) is 24.7. The number of nitrogens with one attached hydrogen (secondary N) is 1. The molecule has 1 saturated heterocycles. The molecule has 1 unspecified atom stereocenters. The summed E-state index contributed by atoms with van der Waals surface area (Å²) in [6.45, 7) is 7.68. The second-order valence-electron chi connectivity index (χ2n) is 11.3. The van der Waals surface area contributed by atoms with Crippen LogP contribution in [0.2, 0.25) is 0 Å². The van der Waals surface area contributed by atoms with Crippen molar-refractivity contribution in [2.75, 3.05) is 18.4 Å². The van der Waals surface area contributed by atoms with Gasteiger partial charge in [0.25, 0.3) is 5.91 Å². The molecule has 232 valence electrons. The van der Waals surface area contributed by atoms with Crippen LogP contribution in [-0.2, 0) is 22.8 Å². The third-order valence-electron chi connectivity index (χ3n) is 8.14. The van der Waals surface area contributed by atoms with Crippen LogP contribution in [0.1, 0.15) is 48.8 Å². The molecular weight excluding hydrogens is 581 g/mol. The Morgan fingerprint density at radius 2 is 1.89 bits per heavy atom. The normalized spacial score (nSPS) is 16.8. The fourth-order valence-electron chi connectivity index (χ4n) is 5.61. The second kappa shape index (κ2) is 11.0. The first-order valence-corrected chi connectivity index (χ1v) is 13.7. The van der Waals surface area contributed by atoms with Gasteiger partial charge in [-0.25, -0.2) is 9.97 Å². The molecular formula is C29H31F3N8O4. The van der Waals surface area contributed by atoms with Crippen LogP contribution in [-0.4, -0.2) is 81.5 Å². The number of carboxylic acid groups (broad SMARTS) is 1. The van der Waals surface area contributed by atoms with Crippen LogP contribution in [0.15, 0.2) is 43.0 Å². The van der Waals surface area contributed by atoms with E-state index in [-0.39, 0.29) is 30.3 Å². The molecule has 15 heteroatoms. The highest BCUT2D eigenvalue weighted by molar-refractivity contribution is 5.97. The van der Waals surface area contributed by atoms with Crippen LogP contribution in [0.4, 0.5) is 24.7 Å². The number of benzene rings is 1. The molecule has 2 amide bonds. The summed E-state index contributed by atoms with van der Waals surface area (Å²) in [5.41, 5.74) is 0.264. The van der Waals surface area contributed by atoms with Crippen molar-refractivity contribution in [1.82, 2.24) is 33.9 Å². The molecule has 4 heterocycles. The van der Waals surface area contributed by atoms with Crippen molar-refractivity contribution in [3.8, 4) is 11.3 Å². The molecule has 1 aliphatic heterocycles. The molecule has 1 aromatic carbocycles. The van der Waals surface area contributed by atoms with Crippen LogP contribution >= 0.6 is 0 Å². The number of fused-ring (bicyclic) bond motifs is 1. The first kappa shape index (κ1) is 30.5. The number of carbonyl (C=O) groups excluding carboxylic acids is 2. The van der Waals surface area contributed by atoms with Crippen LogP contribution < -0.4 is 5.32 Å². The van der Waals surface area contributed by atoms with Gasteiger partial charge in [-0.05, 0) is 51.5 Å². The van der Waals surface area contributed by atoms with Gasteiger partial charge in [-0.1, -0.05) is 0 Å². The standard InChI is InChI=1S/C29H31F3N8O4/c1-16-12-18(6-7-19(16)27(44)38-10-11-40(22(41)13-23(42)43)28(3,4)17(38)2)35-25-26-34-14-21(39(26)9-8-33-25)20-15-37(5)36-24(20)29(30,31)32/h6-9,12,14-15,17H,10-11,13H2,1-5H3,(H,33,35)(H,42,43). The molecule has 0 spiro atoms. The SMILES string of the molecule is Cc1cc(Nc2nccn3c(-c4cn(C)nc4C(F)(F)F)cnc23)ccc1C(=O)N1CCN(C(=O)CC(=O)O)C(C)(C)C1C. The minimum absolute atomic E-state index is 0.118. The molecule has 3 aromatic heterocycles. The lowest BCUT2D eigenvalue weighted by Gasteiger charge is -2.52. The summed E-state index contributed by atoms with van der Waals surface area (Å²) in [6, 6.07) is 4.73. The maximum absolute atomic E-state index is 13.7. The maximum atomic E-state index is 13.7. The Balaban J connectivity index is 1.38. The minimum Gasteiger partial charge on any atom is -0.481 e. The van der Waals surface area contributed by atoms with Crippen LogP contribution in [0.3, 0.4) is 0 Å². The predicted octanol–water partition coefficient (Wildman–Crippen LogP) is 4.13. The molecule has 0 aliphatic carbocycles. The van der Waals surface area contributed by atoms with Crippen molar-refractivity contribution in [2.45, 2.75) is 51.9 Å². The van der Waals surface area contributed by atoms with Crippen LogP contribution in [0, 0.1) is 6.92 Å². The number of aryl methyl sites for hydroxylation is 2. The van der Waals surface area contributed by atoms with Crippen molar-refractivity contribution in [1.29, 1.82) is 0 Å². The van der Waals surface area contributed by atoms with Gasteiger partial charge in [0.2, 0.25) is 5.91 Å². The number of alkyl halides is 3. The highest BCUT2D eigenvalue weighted by Gasteiger charge is 2.44. The largest absolute Gasteiger partial charge is 0.481 e. The zero-order valence-corrected chi connectivity index (χ0v) is 24.7. The quantitative estimate of drug-likeness (QED) is 0.310. The summed E-state index contributed by atoms with van der Waals surface area (Å²) in [7, 11) is 1.41. The van der Waals surface area contributed by atoms with E-state index < -0.39 is 41.7 Å². The van der Waals surface area contributed by atoms with Gasteiger partial charge in [0.05, 0.1) is 29.0 Å². The summed E-state index contributed by atoms with van der Waals surface area (Å²) < 4.78 is 43.5. The van der Waals surface area contributed by atoms with E-state index >= 15 is 0 Å². The van der Waals surface area contributed by atoms with E-state index in [9.17, 15) is 27.6 Å². The number of halogens is 3. The van der Waals surface area contributed by atoms with Crippen LogP contribution in [0.5, 0.6) is 0 Å². The Hall–Kier alpha value is -4.95. The molecule has 1 atom stereocenters. The van der Waals surface area contributed by atoms with E-state index in [0.29, 0.717) is 28.3 Å². The van der Waals surface area contributed by atoms with Crippen molar-refractivity contribution in [3.05, 3.63) is 59.8 Å². The summed E-state index contributed by atoms with van der Waals surface area (Å²) in [4.78, 5) is 49.1. The maximum Gasteiger partial charge on any atom is 0.435 e. The summed E-state index contributed by atoms with van der Waals surface area (Å²) in [5.74, 6) is -1.63. The van der Waals surface area contributed by atoms with E-state index in [0.717, 1.165) is 4.68 Å². The lowest BCUT2D eigenvalue weighted by atomic mass is 9.88. The molecule has 2 N–H and O–H groups in total. The zero-order chi connectivity index (χ0) is 32.1. The van der Waals surface area contributed by atoms with Gasteiger partial charge < -0.3 is 20.2 Å². The molecule has 0 bridgehead atoms. The number of hydrogen-bond acceptors (Lipinski definition) is 7. The van der Waals surface area contributed by atoms with Crippen molar-refractivity contribution < 1.29 is 32.7 Å². The number of aromatic nitrogens is 5. The topological polar surface area (TPSA) is 138 Å². The summed E-state index contributed by atoms with van der Waals surface area (Å²) in [5, 5.41) is 15.8. The lowest BCUT2D eigenvalue weighted by molar-refractivity contribution is -0.150. The molecule has 12 nitrogen and oxygen atoms in total. The van der Waals surface area contributed by atoms with Crippen molar-refractivity contribution in [3.63, 3.8) is 0 Å². The third kappa shape index (κ3) is 5.44. The Kier molecular flexibility index (Phi) is 7.60. The number of amides is 2. The number of imidazole rings is 1. The van der Waals surface area contributed by atoms with Gasteiger partial charge in [0.1, 0.15) is 6.42 Å². The number of anilines is 2. The highest BCUT2D eigenvalue weighted by Crippen LogP contribution is 2.37. The van der Waals surface area contributed by atoms with E-state index in [1.165, 1.54) is 41.1 Å². The highest BCUT2D eigenvalue weighted by atomic mass is 19.4. The lowest BCUT2D eigenvalue weighted by Crippen LogP contribution is -2.67. The number of hydrogen-bond donors (Lipinski definition) is 2. The smallest absolute Gasteiger partial charge is 0.435 e. The van der Waals surface area contributed by atoms with Crippen LogP contribution in [0.25, 0.3) is 16.9 Å². The molecule has 1 fully saturated rings. The summed E-state index contributed by atoms with van der Waals surface area (Å²) in [6.07, 6.45) is 0.316. The predicted molar refractivity (Wildman–Crippen MR) is 153 cm³/mol. The Morgan fingerprint density at radius 3 is 2.55 bits per heavy atom. The fraction of sp³-hybridized carbons (Fsp3) is 0.379. The first-order valence-electron chi connectivity index (χ1n) is 13.7. The molecule has 0 radical (unpaired) electrons. The van der Waals surface area contributed by atoms with Gasteiger partial charge in [0, 0.05) is 50.0 Å². The number of aliphatic carboxylic acids is 1. The van der Waals surface area contributed by atoms with Gasteiger partial charge in [0.15, 0.2) is 17.2 Å². The first-order chi connectivity index (χ1) is 20.6. The Bertz CT molecular complexity index is 1780. The number of carbonyl (C=O) groups is 3. The minimum atomic E-state index is -4.65. The number of nitrogens with zero attached hydrogens (tertiary/aromatic N) is 7. The second-order valence-corrected chi connectivity index (χ2v) is 11.3. The average molecular weight is 613 g/mol. The number of carboxylic acids is 1. The summed E-state index contributed by atoms with van der Waals surface area (Å²) >= 11 is 0. The van der Waals surface area contributed by atoms with Crippen molar-refractivity contribution >= 4 is 34.9 Å². The van der Waals surface area contributed by atoms with E-state index in [1.807, 2.05) is 20.8 Å². The molecule has 44 heavy (non-hydrogen) atoms. The fourth-order valence-corrected chi connectivity index (χ4v) is 5.61. The van der Waals surface area contributed by atoms with Gasteiger partial charge >= 0.3 is 12.1 Å². The van der Waals surface area contributed by atoms with Gasteiger partial charge in [-0.15, -0.1) is 0 Å². The van der Waals surface area contributed by atoms with E-state index in [1.54, 1.807) is 30.0 Å². The Labute approximate surface area is 250 Å². The molecule has 5 rings (SSSR count). The van der Waals surface area contributed by atoms with E-state index in [2.05, 4.69) is 20.4 Å². The number of rotatable bonds is 6. The third-order valence-corrected chi connectivity index (χ3v) is 8.14. The van der Waals surface area contributed by atoms with Gasteiger partial charge in [-0.2, -0.15) is 18.3 Å². The van der Waals surface area contributed by atoms with Crippen molar-refractivity contribution in [2.24, 2.45) is 7.05 Å².